The van der Waals surface area contributed by atoms with E-state index >= 15 is 0 Å². The minimum Gasteiger partial charge on any atom is -0.347 e. The van der Waals surface area contributed by atoms with Gasteiger partial charge in [-0.15, -0.1) is 11.3 Å². The molecule has 0 aliphatic heterocycles. The molecular weight excluding hydrogens is 302 g/mol. The largest absolute Gasteiger partial charge is 0.347 e. The monoisotopic (exact) mass is 327 g/mol. The van der Waals surface area contributed by atoms with Crippen molar-refractivity contribution < 1.29 is 9.00 Å². The molecule has 0 radical (unpaired) electrons. The maximum atomic E-state index is 12.3. The van der Waals surface area contributed by atoms with E-state index in [1.54, 1.807) is 11.3 Å². The van der Waals surface area contributed by atoms with Gasteiger partial charge in [0.25, 0.3) is 0 Å². The summed E-state index contributed by atoms with van der Waals surface area (Å²) in [5, 5.41) is 5.34. The van der Waals surface area contributed by atoms with Gasteiger partial charge in [-0.3, -0.25) is 9.00 Å². The van der Waals surface area contributed by atoms with E-state index in [9.17, 15) is 9.00 Å². The molecule has 2 atom stereocenters. The Morgan fingerprint density at radius 3 is 2.62 bits per heavy atom. The highest BCUT2D eigenvalue weighted by molar-refractivity contribution is 7.86. The maximum absolute atomic E-state index is 12.3. The number of hydrogen-bond donors (Lipinski definition) is 1. The lowest BCUT2D eigenvalue weighted by atomic mass is 9.86. The van der Waals surface area contributed by atoms with Gasteiger partial charge >= 0.3 is 0 Å². The number of amides is 1. The van der Waals surface area contributed by atoms with E-state index in [1.807, 2.05) is 11.4 Å². The van der Waals surface area contributed by atoms with Gasteiger partial charge in [0.1, 0.15) is 5.75 Å². The molecule has 2 rings (SSSR count). The molecule has 1 heterocycles. The van der Waals surface area contributed by atoms with Gasteiger partial charge in [0, 0.05) is 20.9 Å². The van der Waals surface area contributed by atoms with Crippen molar-refractivity contribution >= 4 is 28.0 Å². The second kappa shape index (κ2) is 7.05. The molecule has 1 saturated carbocycles. The lowest BCUT2D eigenvalue weighted by Gasteiger charge is -2.30. The minimum atomic E-state index is -1.02. The molecule has 1 N–H and O–H groups in total. The van der Waals surface area contributed by atoms with Crippen molar-refractivity contribution in [3.8, 4) is 0 Å². The van der Waals surface area contributed by atoms with E-state index < -0.39 is 10.8 Å². The van der Waals surface area contributed by atoms with Crippen LogP contribution in [0.3, 0.4) is 0 Å². The lowest BCUT2D eigenvalue weighted by Crippen LogP contribution is -2.39. The highest BCUT2D eigenvalue weighted by atomic mass is 32.2. The second-order valence-corrected chi connectivity index (χ2v) is 9.51. The van der Waals surface area contributed by atoms with Gasteiger partial charge in [0.05, 0.1) is 6.04 Å². The quantitative estimate of drug-likeness (QED) is 0.897. The average molecular weight is 328 g/mol. The van der Waals surface area contributed by atoms with E-state index in [4.69, 9.17) is 0 Å². The van der Waals surface area contributed by atoms with E-state index in [-0.39, 0.29) is 28.4 Å². The number of thiophene rings is 1. The van der Waals surface area contributed by atoms with E-state index in [2.05, 4.69) is 32.2 Å². The lowest BCUT2D eigenvalue weighted by molar-refractivity contribution is -0.120. The Balaban J connectivity index is 1.97. The summed E-state index contributed by atoms with van der Waals surface area (Å²) in [4.78, 5) is 13.4. The summed E-state index contributed by atoms with van der Waals surface area (Å²) in [6.45, 7) is 6.35. The Morgan fingerprint density at radius 1 is 1.43 bits per heavy atom. The third-order valence-corrected chi connectivity index (χ3v) is 6.65. The average Bonchev–Trinajstić information content (AvgIpc) is 3.07. The fourth-order valence-corrected chi connectivity index (χ4v) is 5.23. The van der Waals surface area contributed by atoms with E-state index in [1.165, 1.54) is 0 Å². The van der Waals surface area contributed by atoms with Gasteiger partial charge in [-0.1, -0.05) is 39.7 Å². The first-order valence-electron chi connectivity index (χ1n) is 7.58. The summed E-state index contributed by atoms with van der Waals surface area (Å²) >= 11 is 1.65. The van der Waals surface area contributed by atoms with Crippen LogP contribution in [0.2, 0.25) is 0 Å². The zero-order valence-electron chi connectivity index (χ0n) is 13.1. The Kier molecular flexibility index (Phi) is 5.60. The summed E-state index contributed by atoms with van der Waals surface area (Å²) in [5.41, 5.74) is -0.0602. The third-order valence-electron chi connectivity index (χ3n) is 3.95. The minimum absolute atomic E-state index is 0.0226. The van der Waals surface area contributed by atoms with Crippen molar-refractivity contribution in [3.05, 3.63) is 22.4 Å². The van der Waals surface area contributed by atoms with Crippen molar-refractivity contribution in [1.82, 2.24) is 5.32 Å². The number of carbonyl (C=O) groups is 1. The number of rotatable bonds is 5. The first kappa shape index (κ1) is 16.7. The molecule has 118 valence electrons. The molecule has 0 saturated heterocycles. The summed E-state index contributed by atoms with van der Waals surface area (Å²) < 4.78 is 12.2. The molecule has 1 aromatic rings. The first-order valence-corrected chi connectivity index (χ1v) is 9.84. The van der Waals surface area contributed by atoms with Crippen LogP contribution in [0.25, 0.3) is 0 Å². The molecule has 1 fully saturated rings. The highest BCUT2D eigenvalue weighted by Crippen LogP contribution is 2.35. The molecule has 3 nitrogen and oxygen atoms in total. The van der Waals surface area contributed by atoms with Gasteiger partial charge < -0.3 is 5.32 Å². The molecule has 1 amide bonds. The highest BCUT2D eigenvalue weighted by Gasteiger charge is 2.30. The maximum Gasteiger partial charge on any atom is 0.233 e. The summed E-state index contributed by atoms with van der Waals surface area (Å²) in [6.07, 6.45) is 4.32. The molecule has 0 aromatic carbocycles. The Bertz CT molecular complexity index is 485. The Morgan fingerprint density at radius 2 is 2.10 bits per heavy atom. The molecule has 1 aromatic heterocycles. The number of carbonyl (C=O) groups excluding carboxylic acids is 1. The molecule has 0 bridgehead atoms. The number of nitrogens with one attached hydrogen (secondary N) is 1. The smallest absolute Gasteiger partial charge is 0.233 e. The van der Waals surface area contributed by atoms with Crippen LogP contribution < -0.4 is 5.32 Å². The van der Waals surface area contributed by atoms with Crippen LogP contribution in [-0.2, 0) is 15.6 Å². The van der Waals surface area contributed by atoms with Crippen molar-refractivity contribution in [2.45, 2.75) is 57.7 Å². The molecule has 2 unspecified atom stereocenters. The van der Waals surface area contributed by atoms with Crippen LogP contribution in [0.5, 0.6) is 0 Å². The SMILES string of the molecule is CC(C)(C)C(NC(=O)CS(=O)C1CCCC1)c1cccs1. The summed E-state index contributed by atoms with van der Waals surface area (Å²) in [7, 11) is -1.02. The van der Waals surface area contributed by atoms with E-state index in [0.29, 0.717) is 0 Å². The van der Waals surface area contributed by atoms with Crippen LogP contribution >= 0.6 is 11.3 Å². The standard InChI is InChI=1S/C16H25NO2S2/c1-16(2,3)15(13-9-6-10-20-13)17-14(18)11-21(19)12-7-4-5-8-12/h6,9-10,12,15H,4-5,7-8,11H2,1-3H3,(H,17,18). The third kappa shape index (κ3) is 4.65. The van der Waals surface area contributed by atoms with Gasteiger partial charge in [-0.05, 0) is 29.7 Å². The van der Waals surface area contributed by atoms with Gasteiger partial charge in [-0.25, -0.2) is 0 Å². The van der Waals surface area contributed by atoms with Gasteiger partial charge in [-0.2, -0.15) is 0 Å². The molecule has 21 heavy (non-hydrogen) atoms. The Labute approximate surface area is 134 Å². The van der Waals surface area contributed by atoms with Crippen molar-refractivity contribution in [1.29, 1.82) is 0 Å². The predicted molar refractivity (Wildman–Crippen MR) is 89.9 cm³/mol. The van der Waals surface area contributed by atoms with Crippen LogP contribution in [0.1, 0.15) is 57.4 Å². The van der Waals surface area contributed by atoms with Crippen LogP contribution in [0, 0.1) is 5.41 Å². The van der Waals surface area contributed by atoms with E-state index in [0.717, 1.165) is 30.6 Å². The number of hydrogen-bond acceptors (Lipinski definition) is 3. The first-order chi connectivity index (χ1) is 9.88. The van der Waals surface area contributed by atoms with Gasteiger partial charge in [0.2, 0.25) is 5.91 Å². The topological polar surface area (TPSA) is 46.2 Å². The van der Waals surface area contributed by atoms with Crippen molar-refractivity contribution in [2.24, 2.45) is 5.41 Å². The van der Waals surface area contributed by atoms with Crippen LogP contribution in [-0.4, -0.2) is 21.1 Å². The molecule has 1 aliphatic carbocycles. The molecule has 5 heteroatoms. The normalized spacial score (nSPS) is 19.4. The molecule has 1 aliphatic rings. The fourth-order valence-electron chi connectivity index (χ4n) is 2.77. The molecular formula is C16H25NO2S2. The zero-order chi connectivity index (χ0) is 15.5. The van der Waals surface area contributed by atoms with Crippen LogP contribution in [0.15, 0.2) is 17.5 Å². The summed E-state index contributed by atoms with van der Waals surface area (Å²) in [5.74, 6) is 0.0522. The second-order valence-electron chi connectivity index (χ2n) is 6.81. The zero-order valence-corrected chi connectivity index (χ0v) is 14.7. The summed E-state index contributed by atoms with van der Waals surface area (Å²) in [6, 6.07) is 4.03. The van der Waals surface area contributed by atoms with Crippen LogP contribution in [0.4, 0.5) is 0 Å². The predicted octanol–water partition coefficient (Wildman–Crippen LogP) is 3.64. The van der Waals surface area contributed by atoms with Crippen molar-refractivity contribution in [3.63, 3.8) is 0 Å². The Hall–Kier alpha value is -0.680. The van der Waals surface area contributed by atoms with Gasteiger partial charge in [0.15, 0.2) is 0 Å². The van der Waals surface area contributed by atoms with Crippen molar-refractivity contribution in [2.75, 3.05) is 5.75 Å². The molecule has 0 spiro atoms. The fraction of sp³-hybridized carbons (Fsp3) is 0.688.